The highest BCUT2D eigenvalue weighted by Crippen LogP contribution is 2.25. The molecule has 0 saturated carbocycles. The molecule has 1 amide bonds. The summed E-state index contributed by atoms with van der Waals surface area (Å²) in [6.45, 7) is 5.14. The number of ether oxygens (including phenoxy) is 1. The van der Waals surface area contributed by atoms with Crippen molar-refractivity contribution in [1.82, 2.24) is 15.1 Å². The van der Waals surface area contributed by atoms with Crippen molar-refractivity contribution in [1.29, 1.82) is 0 Å². The number of likely N-dealkylation sites (tertiary alicyclic amines) is 1. The van der Waals surface area contributed by atoms with Gasteiger partial charge in [0, 0.05) is 30.9 Å². The normalized spacial score (nSPS) is 15.9. The molecule has 1 aliphatic rings. The number of amides is 1. The molecule has 0 unspecified atom stereocenters. The quantitative estimate of drug-likeness (QED) is 0.756. The van der Waals surface area contributed by atoms with Crippen LogP contribution in [0.1, 0.15) is 11.6 Å². The van der Waals surface area contributed by atoms with Crippen LogP contribution in [-0.4, -0.2) is 40.9 Å². The lowest BCUT2D eigenvalue weighted by Gasteiger charge is -2.37. The van der Waals surface area contributed by atoms with Crippen LogP contribution in [0.2, 0.25) is 0 Å². The standard InChI is InChI=1S/C10H13N3O2/c1-2-5-15-10(14)13-6-8(7-13)9-3-4-11-12-9/h2-4,8H,1,5-7H2,(H,11,12). The van der Waals surface area contributed by atoms with E-state index in [1.807, 2.05) is 6.07 Å². The van der Waals surface area contributed by atoms with Crippen LogP contribution < -0.4 is 0 Å². The zero-order valence-electron chi connectivity index (χ0n) is 8.35. The summed E-state index contributed by atoms with van der Waals surface area (Å²) in [5, 5.41) is 6.77. The fourth-order valence-electron chi connectivity index (χ4n) is 1.54. The van der Waals surface area contributed by atoms with Gasteiger partial charge in [0.05, 0.1) is 0 Å². The molecule has 0 aliphatic carbocycles. The predicted molar refractivity (Wildman–Crippen MR) is 54.4 cm³/mol. The smallest absolute Gasteiger partial charge is 0.410 e. The summed E-state index contributed by atoms with van der Waals surface area (Å²) < 4.78 is 4.90. The van der Waals surface area contributed by atoms with Crippen LogP contribution in [0.5, 0.6) is 0 Å². The Morgan fingerprint density at radius 2 is 2.60 bits per heavy atom. The van der Waals surface area contributed by atoms with E-state index >= 15 is 0 Å². The van der Waals surface area contributed by atoms with E-state index in [2.05, 4.69) is 16.8 Å². The highest BCUT2D eigenvalue weighted by Gasteiger charge is 2.33. The lowest BCUT2D eigenvalue weighted by Crippen LogP contribution is -2.48. The summed E-state index contributed by atoms with van der Waals surface area (Å²) in [6, 6.07) is 1.93. The molecule has 0 bridgehead atoms. The second-order valence-corrected chi connectivity index (χ2v) is 3.48. The van der Waals surface area contributed by atoms with Gasteiger partial charge in [-0.2, -0.15) is 5.10 Å². The zero-order chi connectivity index (χ0) is 10.7. The highest BCUT2D eigenvalue weighted by atomic mass is 16.6. The molecule has 0 atom stereocenters. The molecule has 15 heavy (non-hydrogen) atoms. The number of H-pyrrole nitrogens is 1. The van der Waals surface area contributed by atoms with Gasteiger partial charge in [-0.15, -0.1) is 0 Å². The minimum absolute atomic E-state index is 0.268. The van der Waals surface area contributed by atoms with Gasteiger partial charge in [0.25, 0.3) is 0 Å². The SMILES string of the molecule is C=CCOC(=O)N1CC(c2ccn[nH]2)C1. The summed E-state index contributed by atoms with van der Waals surface area (Å²) in [7, 11) is 0. The van der Waals surface area contributed by atoms with Crippen LogP contribution >= 0.6 is 0 Å². The number of hydrogen-bond acceptors (Lipinski definition) is 3. The Kier molecular flexibility index (Phi) is 2.71. The minimum atomic E-state index is -0.273. The predicted octanol–water partition coefficient (Wildman–Crippen LogP) is 1.13. The molecule has 80 valence electrons. The van der Waals surface area contributed by atoms with Crippen LogP contribution in [0.3, 0.4) is 0 Å². The Balaban J connectivity index is 1.78. The molecule has 1 N–H and O–H groups in total. The van der Waals surface area contributed by atoms with Crippen molar-refractivity contribution in [2.75, 3.05) is 19.7 Å². The largest absolute Gasteiger partial charge is 0.445 e. The Hall–Kier alpha value is -1.78. The van der Waals surface area contributed by atoms with E-state index in [0.29, 0.717) is 19.0 Å². The maximum Gasteiger partial charge on any atom is 0.410 e. The van der Waals surface area contributed by atoms with Gasteiger partial charge >= 0.3 is 6.09 Å². The first-order chi connectivity index (χ1) is 7.31. The van der Waals surface area contributed by atoms with Crippen LogP contribution in [-0.2, 0) is 4.74 Å². The van der Waals surface area contributed by atoms with Gasteiger partial charge in [-0.1, -0.05) is 12.7 Å². The monoisotopic (exact) mass is 207 g/mol. The number of carbonyl (C=O) groups excluding carboxylic acids is 1. The Morgan fingerprint density at radius 3 is 3.20 bits per heavy atom. The molecule has 1 saturated heterocycles. The molecule has 1 fully saturated rings. The number of aromatic amines is 1. The second-order valence-electron chi connectivity index (χ2n) is 3.48. The molecule has 0 spiro atoms. The summed E-state index contributed by atoms with van der Waals surface area (Å²) >= 11 is 0. The highest BCUT2D eigenvalue weighted by molar-refractivity contribution is 5.69. The van der Waals surface area contributed by atoms with Crippen molar-refractivity contribution in [3.8, 4) is 0 Å². The first-order valence-electron chi connectivity index (χ1n) is 4.83. The van der Waals surface area contributed by atoms with Gasteiger partial charge in [0.2, 0.25) is 0 Å². The molecule has 1 aliphatic heterocycles. The zero-order valence-corrected chi connectivity index (χ0v) is 8.35. The van der Waals surface area contributed by atoms with E-state index < -0.39 is 0 Å². The maximum absolute atomic E-state index is 11.3. The first kappa shape index (κ1) is 9.76. The summed E-state index contributed by atoms with van der Waals surface area (Å²) in [5.74, 6) is 0.365. The average molecular weight is 207 g/mol. The molecule has 2 rings (SSSR count). The molecule has 1 aromatic heterocycles. The Bertz CT molecular complexity index is 342. The molecule has 2 heterocycles. The van der Waals surface area contributed by atoms with E-state index in [-0.39, 0.29) is 12.7 Å². The van der Waals surface area contributed by atoms with Crippen molar-refractivity contribution >= 4 is 6.09 Å². The topological polar surface area (TPSA) is 58.2 Å². The van der Waals surface area contributed by atoms with Gasteiger partial charge in [0.1, 0.15) is 6.61 Å². The van der Waals surface area contributed by atoms with Gasteiger partial charge in [-0.25, -0.2) is 4.79 Å². The maximum atomic E-state index is 11.3. The molecule has 5 nitrogen and oxygen atoms in total. The fraction of sp³-hybridized carbons (Fsp3) is 0.400. The Morgan fingerprint density at radius 1 is 1.80 bits per heavy atom. The second kappa shape index (κ2) is 4.16. The first-order valence-corrected chi connectivity index (χ1v) is 4.83. The molecule has 0 aromatic carbocycles. The number of carbonyl (C=O) groups is 1. The van der Waals surface area contributed by atoms with Crippen molar-refractivity contribution < 1.29 is 9.53 Å². The van der Waals surface area contributed by atoms with Gasteiger partial charge in [0.15, 0.2) is 0 Å². The fourth-order valence-corrected chi connectivity index (χ4v) is 1.54. The third-order valence-corrected chi connectivity index (χ3v) is 2.43. The number of nitrogens with one attached hydrogen (secondary N) is 1. The average Bonchev–Trinajstić information content (AvgIpc) is 2.65. The van der Waals surface area contributed by atoms with E-state index in [4.69, 9.17) is 4.74 Å². The van der Waals surface area contributed by atoms with Gasteiger partial charge in [-0.3, -0.25) is 5.10 Å². The van der Waals surface area contributed by atoms with Crippen molar-refractivity contribution in [2.24, 2.45) is 0 Å². The van der Waals surface area contributed by atoms with E-state index in [1.54, 1.807) is 17.2 Å². The van der Waals surface area contributed by atoms with Gasteiger partial charge < -0.3 is 9.64 Å². The summed E-state index contributed by atoms with van der Waals surface area (Å²) in [5.41, 5.74) is 1.07. The third-order valence-electron chi connectivity index (χ3n) is 2.43. The van der Waals surface area contributed by atoms with E-state index in [1.165, 1.54) is 0 Å². The number of aromatic nitrogens is 2. The lowest BCUT2D eigenvalue weighted by molar-refractivity contribution is 0.0784. The third kappa shape index (κ3) is 2.01. The molecular weight excluding hydrogens is 194 g/mol. The lowest BCUT2D eigenvalue weighted by atomic mass is 9.97. The van der Waals surface area contributed by atoms with Crippen molar-refractivity contribution in [3.63, 3.8) is 0 Å². The molecule has 0 radical (unpaired) electrons. The number of nitrogens with zero attached hydrogens (tertiary/aromatic N) is 2. The molecular formula is C10H13N3O2. The summed E-state index contributed by atoms with van der Waals surface area (Å²) in [4.78, 5) is 13.0. The van der Waals surface area contributed by atoms with Crippen molar-refractivity contribution in [3.05, 3.63) is 30.6 Å². The van der Waals surface area contributed by atoms with Gasteiger partial charge in [-0.05, 0) is 6.07 Å². The number of rotatable bonds is 3. The van der Waals surface area contributed by atoms with Crippen LogP contribution in [0.25, 0.3) is 0 Å². The summed E-state index contributed by atoms with van der Waals surface area (Å²) in [6.07, 6.45) is 3.00. The Labute approximate surface area is 87.7 Å². The number of hydrogen-bond donors (Lipinski definition) is 1. The van der Waals surface area contributed by atoms with Crippen LogP contribution in [0, 0.1) is 0 Å². The van der Waals surface area contributed by atoms with E-state index in [0.717, 1.165) is 5.69 Å². The van der Waals surface area contributed by atoms with Crippen molar-refractivity contribution in [2.45, 2.75) is 5.92 Å². The van der Waals surface area contributed by atoms with Crippen LogP contribution in [0.15, 0.2) is 24.9 Å². The van der Waals surface area contributed by atoms with E-state index in [9.17, 15) is 4.79 Å². The molecule has 1 aromatic rings. The van der Waals surface area contributed by atoms with Crippen LogP contribution in [0.4, 0.5) is 4.79 Å². The minimum Gasteiger partial charge on any atom is -0.445 e. The molecule has 5 heteroatoms.